The molecule has 0 aliphatic rings. The van der Waals surface area contributed by atoms with Crippen molar-refractivity contribution < 1.29 is 4.79 Å². The summed E-state index contributed by atoms with van der Waals surface area (Å²) in [5, 5.41) is 1.06. The van der Waals surface area contributed by atoms with Crippen molar-refractivity contribution in [3.8, 4) is 21.8 Å². The highest BCUT2D eigenvalue weighted by Gasteiger charge is 2.24. The van der Waals surface area contributed by atoms with Gasteiger partial charge >= 0.3 is 0 Å². The fourth-order valence-corrected chi connectivity index (χ4v) is 4.49. The average molecular weight is 424 g/mol. The fraction of sp³-hybridized carbons (Fsp3) is 0.136. The van der Waals surface area contributed by atoms with Crippen LogP contribution in [0.4, 0.5) is 0 Å². The van der Waals surface area contributed by atoms with Crippen LogP contribution in [0.15, 0.2) is 65.5 Å². The Bertz CT molecular complexity index is 1250. The monoisotopic (exact) mass is 423 g/mol. The van der Waals surface area contributed by atoms with Gasteiger partial charge in [-0.15, -0.1) is 11.3 Å². The molecule has 4 aromatic rings. The summed E-state index contributed by atoms with van der Waals surface area (Å²) in [6.07, 6.45) is 0.388. The zero-order valence-corrected chi connectivity index (χ0v) is 17.2. The molecule has 4 rings (SSSR count). The molecule has 0 bridgehead atoms. The minimum Gasteiger partial charge on any atom is -0.368 e. The van der Waals surface area contributed by atoms with Crippen molar-refractivity contribution in [1.82, 2.24) is 9.55 Å². The number of hydrogen-bond acceptors (Lipinski definition) is 4. The standard InChI is InChI=1S/C22H18ClN3O2S/c1-2-17(19(24)27)26-20(14-8-10-15(23)11-9-14)25-21-16(22(26)28)12-18(29-21)13-6-4-3-5-7-13/h3-12,17H,2H2,1H3,(H2,24,27). The molecule has 0 spiro atoms. The number of halogens is 1. The molecular formula is C22H18ClN3O2S. The Morgan fingerprint density at radius 2 is 1.83 bits per heavy atom. The molecule has 0 aliphatic carbocycles. The molecule has 1 amide bonds. The smallest absolute Gasteiger partial charge is 0.263 e. The van der Waals surface area contributed by atoms with E-state index in [0.29, 0.717) is 33.0 Å². The Morgan fingerprint density at radius 1 is 1.14 bits per heavy atom. The summed E-state index contributed by atoms with van der Waals surface area (Å²) in [5.41, 5.74) is 7.05. The Morgan fingerprint density at radius 3 is 2.45 bits per heavy atom. The number of carbonyl (C=O) groups is 1. The van der Waals surface area contributed by atoms with Crippen molar-refractivity contribution in [2.24, 2.45) is 5.73 Å². The highest BCUT2D eigenvalue weighted by molar-refractivity contribution is 7.21. The van der Waals surface area contributed by atoms with Crippen LogP contribution in [-0.4, -0.2) is 15.5 Å². The van der Waals surface area contributed by atoms with Crippen LogP contribution < -0.4 is 11.3 Å². The van der Waals surface area contributed by atoms with Crippen molar-refractivity contribution in [3.63, 3.8) is 0 Å². The van der Waals surface area contributed by atoms with E-state index in [1.54, 1.807) is 24.3 Å². The summed E-state index contributed by atoms with van der Waals surface area (Å²) in [6, 6.07) is 17.9. The first-order valence-electron chi connectivity index (χ1n) is 9.16. The summed E-state index contributed by atoms with van der Waals surface area (Å²) >= 11 is 7.46. The predicted octanol–water partition coefficient (Wildman–Crippen LogP) is 4.88. The van der Waals surface area contributed by atoms with Gasteiger partial charge in [0.15, 0.2) is 0 Å². The van der Waals surface area contributed by atoms with Crippen molar-refractivity contribution in [1.29, 1.82) is 0 Å². The van der Waals surface area contributed by atoms with Gasteiger partial charge in [0.2, 0.25) is 5.91 Å². The highest BCUT2D eigenvalue weighted by atomic mass is 35.5. The average Bonchev–Trinajstić information content (AvgIpc) is 3.16. The largest absolute Gasteiger partial charge is 0.368 e. The molecule has 0 aliphatic heterocycles. The molecule has 2 aromatic carbocycles. The Hall–Kier alpha value is -2.96. The summed E-state index contributed by atoms with van der Waals surface area (Å²) in [7, 11) is 0. The van der Waals surface area contributed by atoms with Gasteiger partial charge in [0.1, 0.15) is 16.7 Å². The van der Waals surface area contributed by atoms with Crippen LogP contribution in [0.25, 0.3) is 32.0 Å². The van der Waals surface area contributed by atoms with Crippen LogP contribution in [-0.2, 0) is 4.79 Å². The van der Waals surface area contributed by atoms with E-state index < -0.39 is 11.9 Å². The van der Waals surface area contributed by atoms with Crippen molar-refractivity contribution in [2.45, 2.75) is 19.4 Å². The van der Waals surface area contributed by atoms with Crippen LogP contribution in [0.1, 0.15) is 19.4 Å². The van der Waals surface area contributed by atoms with Gasteiger partial charge in [0.25, 0.3) is 5.56 Å². The van der Waals surface area contributed by atoms with Crippen molar-refractivity contribution in [3.05, 3.63) is 76.0 Å². The summed E-state index contributed by atoms with van der Waals surface area (Å²) in [6.45, 7) is 1.82. The van der Waals surface area contributed by atoms with E-state index in [1.807, 2.05) is 43.3 Å². The van der Waals surface area contributed by atoms with E-state index in [0.717, 1.165) is 10.4 Å². The molecule has 29 heavy (non-hydrogen) atoms. The van der Waals surface area contributed by atoms with Crippen molar-refractivity contribution in [2.75, 3.05) is 0 Å². The van der Waals surface area contributed by atoms with E-state index in [2.05, 4.69) is 0 Å². The third-order valence-corrected chi connectivity index (χ3v) is 6.11. The van der Waals surface area contributed by atoms with Gasteiger partial charge in [-0.05, 0) is 42.3 Å². The first-order chi connectivity index (χ1) is 14.0. The number of fused-ring (bicyclic) bond motifs is 1. The maximum atomic E-state index is 13.4. The van der Waals surface area contributed by atoms with Crippen LogP contribution in [0, 0.1) is 0 Å². The van der Waals surface area contributed by atoms with E-state index in [1.165, 1.54) is 15.9 Å². The number of thiophene rings is 1. The molecule has 2 aromatic heterocycles. The Labute approximate surface area is 176 Å². The number of hydrogen-bond donors (Lipinski definition) is 1. The normalized spacial score (nSPS) is 12.2. The topological polar surface area (TPSA) is 78.0 Å². The minimum atomic E-state index is -0.787. The van der Waals surface area contributed by atoms with Crippen molar-refractivity contribution >= 4 is 39.1 Å². The second-order valence-electron chi connectivity index (χ2n) is 6.64. The highest BCUT2D eigenvalue weighted by Crippen LogP contribution is 2.33. The zero-order chi connectivity index (χ0) is 20.5. The van der Waals surface area contributed by atoms with Gasteiger partial charge in [-0.2, -0.15) is 0 Å². The number of carbonyl (C=O) groups excluding carboxylic acids is 1. The summed E-state index contributed by atoms with van der Waals surface area (Å²) < 4.78 is 1.41. The third kappa shape index (κ3) is 3.57. The lowest BCUT2D eigenvalue weighted by molar-refractivity contribution is -0.121. The third-order valence-electron chi connectivity index (χ3n) is 4.78. The number of primary amides is 1. The molecule has 5 nitrogen and oxygen atoms in total. The fourth-order valence-electron chi connectivity index (χ4n) is 3.34. The lowest BCUT2D eigenvalue weighted by Crippen LogP contribution is -2.35. The second-order valence-corrected chi connectivity index (χ2v) is 8.11. The Balaban J connectivity index is 2.02. The SMILES string of the molecule is CCC(C(N)=O)n1c(-c2ccc(Cl)cc2)nc2sc(-c3ccccc3)cc2c1=O. The lowest BCUT2D eigenvalue weighted by Gasteiger charge is -2.19. The molecule has 7 heteroatoms. The molecule has 1 unspecified atom stereocenters. The number of aromatic nitrogens is 2. The molecule has 0 radical (unpaired) electrons. The maximum absolute atomic E-state index is 13.4. The first-order valence-corrected chi connectivity index (χ1v) is 10.4. The zero-order valence-electron chi connectivity index (χ0n) is 15.6. The summed E-state index contributed by atoms with van der Waals surface area (Å²) in [5.74, 6) is -0.157. The molecule has 0 saturated carbocycles. The van der Waals surface area contributed by atoms with Crippen LogP contribution in [0.5, 0.6) is 0 Å². The number of nitrogens with zero attached hydrogens (tertiary/aromatic N) is 2. The molecule has 2 heterocycles. The van der Waals surface area contributed by atoms with Gasteiger partial charge in [0, 0.05) is 15.5 Å². The predicted molar refractivity (Wildman–Crippen MR) is 118 cm³/mol. The van der Waals surface area contributed by atoms with Gasteiger partial charge in [-0.1, -0.05) is 48.9 Å². The molecule has 146 valence electrons. The quantitative estimate of drug-likeness (QED) is 0.496. The molecule has 0 fully saturated rings. The van der Waals surface area contributed by atoms with Crippen LogP contribution in [0.2, 0.25) is 5.02 Å². The van der Waals surface area contributed by atoms with Gasteiger partial charge in [0.05, 0.1) is 5.39 Å². The number of amides is 1. The minimum absolute atomic E-state index is 0.274. The number of rotatable bonds is 5. The van der Waals surface area contributed by atoms with E-state index in [9.17, 15) is 9.59 Å². The summed E-state index contributed by atoms with van der Waals surface area (Å²) in [4.78, 5) is 31.9. The van der Waals surface area contributed by atoms with Gasteiger partial charge in [-0.3, -0.25) is 14.2 Å². The first kappa shape index (κ1) is 19.4. The molecular weight excluding hydrogens is 406 g/mol. The molecule has 1 atom stereocenters. The molecule has 0 saturated heterocycles. The number of nitrogens with two attached hydrogens (primary N) is 1. The van der Waals surface area contributed by atoms with E-state index in [4.69, 9.17) is 22.3 Å². The lowest BCUT2D eigenvalue weighted by atomic mass is 10.1. The van der Waals surface area contributed by atoms with Crippen LogP contribution >= 0.6 is 22.9 Å². The number of benzene rings is 2. The van der Waals surface area contributed by atoms with Crippen LogP contribution in [0.3, 0.4) is 0 Å². The van der Waals surface area contributed by atoms with Gasteiger partial charge < -0.3 is 5.73 Å². The van der Waals surface area contributed by atoms with E-state index in [-0.39, 0.29) is 5.56 Å². The molecule has 2 N–H and O–H groups in total. The maximum Gasteiger partial charge on any atom is 0.263 e. The van der Waals surface area contributed by atoms with E-state index >= 15 is 0 Å². The second kappa shape index (κ2) is 7.81. The van der Waals surface area contributed by atoms with Gasteiger partial charge in [-0.25, -0.2) is 4.98 Å². The Kier molecular flexibility index (Phi) is 5.22.